The molecule has 0 aromatic carbocycles. The monoisotopic (exact) mass is 401 g/mol. The average Bonchev–Trinajstić information content (AvgIpc) is 2.50. The fourth-order valence-corrected chi connectivity index (χ4v) is 2.39. The van der Waals surface area contributed by atoms with Crippen molar-refractivity contribution in [2.45, 2.75) is 25.0 Å². The minimum atomic E-state index is -5.47. The highest BCUT2D eigenvalue weighted by atomic mass is 35.5. The van der Waals surface area contributed by atoms with Crippen LogP contribution in [-0.4, -0.2) is 37.5 Å². The molecule has 12 heteroatoms. The van der Waals surface area contributed by atoms with Crippen molar-refractivity contribution in [2.24, 2.45) is 0 Å². The summed E-state index contributed by atoms with van der Waals surface area (Å²) in [6, 6.07) is 1.61. The number of amides is 1. The zero-order chi connectivity index (χ0) is 19.3. The van der Waals surface area contributed by atoms with Gasteiger partial charge in [0.15, 0.2) is 0 Å². The minimum Gasteiger partial charge on any atom is -0.476 e. The van der Waals surface area contributed by atoms with E-state index in [9.17, 15) is 26.4 Å². The van der Waals surface area contributed by atoms with Crippen LogP contribution >= 0.6 is 11.6 Å². The first-order chi connectivity index (χ1) is 11.5. The van der Waals surface area contributed by atoms with Crippen LogP contribution in [0.3, 0.4) is 0 Å². The number of nitrogens with zero attached hydrogens (tertiary/aromatic N) is 1. The summed E-state index contributed by atoms with van der Waals surface area (Å²) in [5, 5.41) is 2.69. The second-order valence-electron chi connectivity index (χ2n) is 4.78. The number of carbonyl (C=O) groups excluding carboxylic acids is 1. The molecule has 0 unspecified atom stereocenters. The van der Waals surface area contributed by atoms with Gasteiger partial charge in [0.1, 0.15) is 6.61 Å². The maximum atomic E-state index is 12.3. The van der Waals surface area contributed by atoms with Crippen molar-refractivity contribution in [2.75, 3.05) is 6.61 Å². The second-order valence-corrected chi connectivity index (χ2v) is 6.89. The molecule has 1 atom stereocenters. The van der Waals surface area contributed by atoms with Gasteiger partial charge in [-0.1, -0.05) is 18.2 Å². The Balaban J connectivity index is 2.68. The molecule has 0 saturated heterocycles. The zero-order valence-electron chi connectivity index (χ0n) is 12.9. The molecule has 2 N–H and O–H groups in total. The Hall–Kier alpha value is -1.85. The van der Waals surface area contributed by atoms with Crippen LogP contribution in [0, 0.1) is 0 Å². The van der Waals surface area contributed by atoms with Gasteiger partial charge in [0.2, 0.25) is 11.8 Å². The van der Waals surface area contributed by atoms with Crippen LogP contribution in [0.25, 0.3) is 0 Å². The highest BCUT2D eigenvalue weighted by molar-refractivity contribution is 7.90. The van der Waals surface area contributed by atoms with E-state index >= 15 is 0 Å². The van der Waals surface area contributed by atoms with Gasteiger partial charge in [-0.05, 0) is 19.1 Å². The number of pyridine rings is 1. The number of halogens is 4. The lowest BCUT2D eigenvalue weighted by molar-refractivity contribution is -0.116. The normalized spacial score (nSPS) is 13.2. The standard InChI is InChI=1S/C13H15ClF3N3O4S/c1-3-11(21)18-6-10-9(14)4-5-12(19-10)24-7-8(2)20-25(22,23)13(15,16)17/h3-5,8,20H,1,6-7H2,2H3,(H,18,21)/t8-/m0/s1. The first kappa shape index (κ1) is 21.2. The molecule has 1 aromatic rings. The molecule has 140 valence electrons. The summed E-state index contributed by atoms with van der Waals surface area (Å²) in [4.78, 5) is 15.1. The van der Waals surface area contributed by atoms with E-state index in [-0.39, 0.29) is 23.1 Å². The molecular weight excluding hydrogens is 387 g/mol. The van der Waals surface area contributed by atoms with Gasteiger partial charge in [0, 0.05) is 6.07 Å². The number of aromatic nitrogens is 1. The third-order valence-corrected chi connectivity index (χ3v) is 4.32. The molecule has 0 aliphatic rings. The van der Waals surface area contributed by atoms with Gasteiger partial charge in [0.25, 0.3) is 0 Å². The second kappa shape index (κ2) is 8.50. The number of hydrogen-bond donors (Lipinski definition) is 2. The number of sulfonamides is 1. The summed E-state index contributed by atoms with van der Waals surface area (Å²) in [6.45, 7) is 4.06. The number of carbonyl (C=O) groups is 1. The Kier molecular flexibility index (Phi) is 7.20. The van der Waals surface area contributed by atoms with Crippen molar-refractivity contribution < 1.29 is 31.1 Å². The summed E-state index contributed by atoms with van der Waals surface area (Å²) in [7, 11) is -5.47. The fraction of sp³-hybridized carbons (Fsp3) is 0.385. The quantitative estimate of drug-likeness (QED) is 0.647. The number of rotatable bonds is 8. The van der Waals surface area contributed by atoms with Crippen LogP contribution in [0.1, 0.15) is 12.6 Å². The van der Waals surface area contributed by atoms with E-state index in [0.29, 0.717) is 0 Å². The first-order valence-corrected chi connectivity index (χ1v) is 8.59. The average molecular weight is 402 g/mol. The number of nitrogens with one attached hydrogen (secondary N) is 2. The molecule has 7 nitrogen and oxygen atoms in total. The third kappa shape index (κ3) is 6.52. The Morgan fingerprint density at radius 1 is 1.48 bits per heavy atom. The minimum absolute atomic E-state index is 0.00492. The van der Waals surface area contributed by atoms with E-state index in [2.05, 4.69) is 16.9 Å². The Morgan fingerprint density at radius 3 is 2.68 bits per heavy atom. The largest absolute Gasteiger partial charge is 0.511 e. The van der Waals surface area contributed by atoms with Crippen LogP contribution < -0.4 is 14.8 Å². The van der Waals surface area contributed by atoms with Crippen molar-refractivity contribution >= 4 is 27.5 Å². The molecule has 1 amide bonds. The van der Waals surface area contributed by atoms with Crippen LogP contribution in [-0.2, 0) is 21.4 Å². The van der Waals surface area contributed by atoms with E-state index in [1.54, 1.807) is 0 Å². The van der Waals surface area contributed by atoms with Crippen LogP contribution in [0.2, 0.25) is 5.02 Å². The molecule has 0 aliphatic heterocycles. The fourth-order valence-electron chi connectivity index (χ4n) is 1.49. The van der Waals surface area contributed by atoms with Crippen LogP contribution in [0.4, 0.5) is 13.2 Å². The molecule has 0 bridgehead atoms. The number of hydrogen-bond acceptors (Lipinski definition) is 5. The summed E-state index contributed by atoms with van der Waals surface area (Å²) in [5.74, 6) is -0.440. The van der Waals surface area contributed by atoms with Gasteiger partial charge in [0.05, 0.1) is 23.3 Å². The maximum Gasteiger partial charge on any atom is 0.511 e. The molecule has 25 heavy (non-hydrogen) atoms. The molecule has 1 heterocycles. The summed E-state index contributed by atoms with van der Waals surface area (Å²) in [5.41, 5.74) is -5.14. The van der Waals surface area contributed by atoms with Gasteiger partial charge in [-0.3, -0.25) is 4.79 Å². The van der Waals surface area contributed by atoms with Crippen molar-refractivity contribution in [1.82, 2.24) is 15.0 Å². The SMILES string of the molecule is C=CC(=O)NCc1nc(OC[C@H](C)NS(=O)(=O)C(F)(F)F)ccc1Cl. The van der Waals surface area contributed by atoms with Gasteiger partial charge < -0.3 is 10.1 Å². The van der Waals surface area contributed by atoms with Crippen molar-refractivity contribution in [3.05, 3.63) is 35.5 Å². The summed E-state index contributed by atoms with van der Waals surface area (Å²) in [6.07, 6.45) is 1.06. The van der Waals surface area contributed by atoms with Crippen LogP contribution in [0.5, 0.6) is 5.88 Å². The summed E-state index contributed by atoms with van der Waals surface area (Å²) < 4.78 is 65.4. The number of ether oxygens (including phenoxy) is 1. The van der Waals surface area contributed by atoms with E-state index < -0.39 is 34.1 Å². The highest BCUT2D eigenvalue weighted by Crippen LogP contribution is 2.22. The van der Waals surface area contributed by atoms with Gasteiger partial charge in [-0.2, -0.15) is 13.2 Å². The molecule has 0 saturated carbocycles. The smallest absolute Gasteiger partial charge is 0.476 e. The highest BCUT2D eigenvalue weighted by Gasteiger charge is 2.46. The lowest BCUT2D eigenvalue weighted by atomic mass is 10.3. The molecule has 0 fully saturated rings. The van der Waals surface area contributed by atoms with Gasteiger partial charge >= 0.3 is 15.5 Å². The predicted molar refractivity (Wildman–Crippen MR) is 84.4 cm³/mol. The summed E-state index contributed by atoms with van der Waals surface area (Å²) >= 11 is 5.91. The van der Waals surface area contributed by atoms with E-state index in [1.165, 1.54) is 23.8 Å². The molecule has 0 radical (unpaired) electrons. The zero-order valence-corrected chi connectivity index (χ0v) is 14.5. The topological polar surface area (TPSA) is 97.4 Å². The first-order valence-electron chi connectivity index (χ1n) is 6.73. The van der Waals surface area contributed by atoms with Gasteiger partial charge in [-0.15, -0.1) is 0 Å². The molecule has 1 rings (SSSR count). The molecule has 1 aromatic heterocycles. The Morgan fingerprint density at radius 2 is 2.12 bits per heavy atom. The van der Waals surface area contributed by atoms with Gasteiger partial charge in [-0.25, -0.2) is 18.1 Å². The van der Waals surface area contributed by atoms with Crippen molar-refractivity contribution in [3.63, 3.8) is 0 Å². The maximum absolute atomic E-state index is 12.3. The number of alkyl halides is 3. The van der Waals surface area contributed by atoms with Crippen molar-refractivity contribution in [3.8, 4) is 5.88 Å². The molecule has 0 aliphatic carbocycles. The lowest BCUT2D eigenvalue weighted by Crippen LogP contribution is -2.43. The Bertz CT molecular complexity index is 741. The van der Waals surface area contributed by atoms with Crippen LogP contribution in [0.15, 0.2) is 24.8 Å². The van der Waals surface area contributed by atoms with Crippen molar-refractivity contribution in [1.29, 1.82) is 0 Å². The van der Waals surface area contributed by atoms with E-state index in [0.717, 1.165) is 6.08 Å². The molecular formula is C13H15ClF3N3O4S. The third-order valence-electron chi connectivity index (χ3n) is 2.65. The van der Waals surface area contributed by atoms with E-state index in [4.69, 9.17) is 16.3 Å². The predicted octanol–water partition coefficient (Wildman–Crippen LogP) is 1.74. The van der Waals surface area contributed by atoms with E-state index in [1.807, 2.05) is 0 Å². The lowest BCUT2D eigenvalue weighted by Gasteiger charge is -2.16. The Labute approximate surface area is 147 Å². The molecule has 0 spiro atoms.